The van der Waals surface area contributed by atoms with Gasteiger partial charge >= 0.3 is 0 Å². The third kappa shape index (κ3) is 2.54. The van der Waals surface area contributed by atoms with E-state index in [0.717, 1.165) is 0 Å². The van der Waals surface area contributed by atoms with Crippen molar-refractivity contribution in [1.29, 1.82) is 0 Å². The number of carbonyl (C=O) groups excluding carboxylic acids is 1. The molecule has 0 aliphatic heterocycles. The van der Waals surface area contributed by atoms with E-state index in [1.54, 1.807) is 19.1 Å². The Morgan fingerprint density at radius 1 is 1.54 bits per heavy atom. The summed E-state index contributed by atoms with van der Waals surface area (Å²) in [5, 5.41) is 9.32. The van der Waals surface area contributed by atoms with E-state index in [-0.39, 0.29) is 16.4 Å². The van der Waals surface area contributed by atoms with E-state index in [1.807, 2.05) is 0 Å². The predicted molar refractivity (Wildman–Crippen MR) is 58.5 cm³/mol. The molecule has 0 aromatic heterocycles. The molecule has 1 unspecified atom stereocenters. The Morgan fingerprint density at radius 2 is 2.15 bits per heavy atom. The van der Waals surface area contributed by atoms with Crippen molar-refractivity contribution in [3.05, 3.63) is 28.2 Å². The van der Waals surface area contributed by atoms with Gasteiger partial charge in [0, 0.05) is 5.56 Å². The van der Waals surface area contributed by atoms with Crippen LogP contribution in [0.25, 0.3) is 0 Å². The van der Waals surface area contributed by atoms with Crippen LogP contribution in [0.2, 0.25) is 0 Å². The molecule has 0 aliphatic rings. The number of phenolic OH excluding ortho intramolecular Hbond substituents is 1. The van der Waals surface area contributed by atoms with Gasteiger partial charge in [0.1, 0.15) is 5.75 Å². The minimum absolute atomic E-state index is 0.0391. The number of halogens is 2. The van der Waals surface area contributed by atoms with Gasteiger partial charge in [0.2, 0.25) is 0 Å². The normalized spacial score (nSPS) is 12.5. The topological polar surface area (TPSA) is 37.3 Å². The minimum Gasteiger partial charge on any atom is -0.507 e. The average molecular weight is 308 g/mol. The molecule has 0 radical (unpaired) electrons. The van der Waals surface area contributed by atoms with Crippen molar-refractivity contribution in [2.45, 2.75) is 11.8 Å². The molecule has 0 bridgehead atoms. The molecule has 0 spiro atoms. The fourth-order valence-corrected chi connectivity index (χ4v) is 1.41. The third-order valence-electron chi connectivity index (χ3n) is 1.59. The Hall–Kier alpha value is -0.350. The van der Waals surface area contributed by atoms with E-state index in [2.05, 4.69) is 31.9 Å². The average Bonchev–Trinajstić information content (AvgIpc) is 2.08. The number of hydrogen-bond donors (Lipinski definition) is 1. The van der Waals surface area contributed by atoms with Crippen molar-refractivity contribution >= 4 is 37.6 Å². The molecule has 0 amide bonds. The molecule has 1 atom stereocenters. The zero-order valence-electron chi connectivity index (χ0n) is 6.92. The van der Waals surface area contributed by atoms with Gasteiger partial charge in [-0.25, -0.2) is 0 Å². The molecule has 0 saturated carbocycles. The van der Waals surface area contributed by atoms with Crippen molar-refractivity contribution in [2.75, 3.05) is 0 Å². The molecule has 4 heteroatoms. The highest BCUT2D eigenvalue weighted by atomic mass is 79.9. The maximum absolute atomic E-state index is 11.4. The summed E-state index contributed by atoms with van der Waals surface area (Å²) in [5.74, 6) is 0.0433. The largest absolute Gasteiger partial charge is 0.507 e. The lowest BCUT2D eigenvalue weighted by atomic mass is 10.1. The summed E-state index contributed by atoms with van der Waals surface area (Å²) in [6.07, 6.45) is 0. The molecular weight excluding hydrogens is 300 g/mol. The second kappa shape index (κ2) is 4.24. The maximum atomic E-state index is 11.4. The van der Waals surface area contributed by atoms with Crippen LogP contribution >= 0.6 is 31.9 Å². The van der Waals surface area contributed by atoms with Gasteiger partial charge in [-0.3, -0.25) is 4.79 Å². The number of phenols is 1. The van der Waals surface area contributed by atoms with Gasteiger partial charge in [-0.2, -0.15) is 0 Å². The van der Waals surface area contributed by atoms with Gasteiger partial charge in [-0.15, -0.1) is 0 Å². The number of aromatic hydroxyl groups is 1. The van der Waals surface area contributed by atoms with Crippen LogP contribution in [0.15, 0.2) is 22.7 Å². The second-order valence-electron chi connectivity index (χ2n) is 2.65. The molecule has 0 fully saturated rings. The number of rotatable bonds is 2. The molecule has 0 heterocycles. The summed E-state index contributed by atoms with van der Waals surface area (Å²) in [6.45, 7) is 1.75. The van der Waals surface area contributed by atoms with Crippen molar-refractivity contribution in [3.8, 4) is 5.75 Å². The van der Waals surface area contributed by atoms with Crippen LogP contribution in [0, 0.1) is 0 Å². The van der Waals surface area contributed by atoms with E-state index < -0.39 is 0 Å². The summed E-state index contributed by atoms with van der Waals surface area (Å²) in [4.78, 5) is 11.2. The molecule has 1 aromatic rings. The SMILES string of the molecule is CC(Br)C(=O)c1ccc(Br)c(O)c1. The van der Waals surface area contributed by atoms with Gasteiger partial charge in [-0.05, 0) is 41.1 Å². The number of Topliss-reactive ketones (excluding diaryl/α,β-unsaturated/α-hetero) is 1. The van der Waals surface area contributed by atoms with Crippen molar-refractivity contribution in [3.63, 3.8) is 0 Å². The van der Waals surface area contributed by atoms with Crippen LogP contribution in [0.5, 0.6) is 5.75 Å². The number of ketones is 1. The van der Waals surface area contributed by atoms with Crippen molar-refractivity contribution in [1.82, 2.24) is 0 Å². The van der Waals surface area contributed by atoms with Gasteiger partial charge in [0.15, 0.2) is 5.78 Å². The Balaban J connectivity index is 3.04. The summed E-state index contributed by atoms with van der Waals surface area (Å²) < 4.78 is 0.589. The molecule has 2 nitrogen and oxygen atoms in total. The second-order valence-corrected chi connectivity index (χ2v) is 4.87. The van der Waals surface area contributed by atoms with Crippen LogP contribution in [-0.4, -0.2) is 15.7 Å². The van der Waals surface area contributed by atoms with E-state index in [9.17, 15) is 9.90 Å². The highest BCUT2D eigenvalue weighted by molar-refractivity contribution is 9.10. The minimum atomic E-state index is -0.229. The van der Waals surface area contributed by atoms with Crippen LogP contribution in [0.3, 0.4) is 0 Å². The molecule has 1 aromatic carbocycles. The smallest absolute Gasteiger partial charge is 0.176 e. The Kier molecular flexibility index (Phi) is 3.50. The molecule has 0 saturated heterocycles. The third-order valence-corrected chi connectivity index (χ3v) is 2.68. The molecule has 1 rings (SSSR count). The van der Waals surface area contributed by atoms with E-state index >= 15 is 0 Å². The first-order valence-electron chi connectivity index (χ1n) is 3.69. The molecule has 1 N–H and O–H groups in total. The van der Waals surface area contributed by atoms with Crippen LogP contribution in [0.4, 0.5) is 0 Å². The maximum Gasteiger partial charge on any atom is 0.176 e. The van der Waals surface area contributed by atoms with Crippen molar-refractivity contribution in [2.24, 2.45) is 0 Å². The van der Waals surface area contributed by atoms with Crippen LogP contribution in [-0.2, 0) is 0 Å². The lowest BCUT2D eigenvalue weighted by Crippen LogP contribution is -2.09. The zero-order chi connectivity index (χ0) is 10.0. The summed E-state index contributed by atoms with van der Waals surface area (Å²) in [5.41, 5.74) is 0.505. The number of carbonyl (C=O) groups is 1. The molecule has 0 aliphatic carbocycles. The standard InChI is InChI=1S/C9H8Br2O2/c1-5(10)9(13)6-2-3-7(11)8(12)4-6/h2-5,12H,1H3. The van der Waals surface area contributed by atoms with Gasteiger partial charge in [0.25, 0.3) is 0 Å². The zero-order valence-corrected chi connectivity index (χ0v) is 10.1. The van der Waals surface area contributed by atoms with E-state index in [0.29, 0.717) is 10.0 Å². The number of hydrogen-bond acceptors (Lipinski definition) is 2. The quantitative estimate of drug-likeness (QED) is 0.673. The first-order chi connectivity index (χ1) is 6.02. The van der Waals surface area contributed by atoms with Gasteiger partial charge in [-0.1, -0.05) is 15.9 Å². The van der Waals surface area contributed by atoms with E-state index in [1.165, 1.54) is 6.07 Å². The van der Waals surface area contributed by atoms with Gasteiger partial charge < -0.3 is 5.11 Å². The lowest BCUT2D eigenvalue weighted by molar-refractivity contribution is 0.0995. The highest BCUT2D eigenvalue weighted by Crippen LogP contribution is 2.25. The van der Waals surface area contributed by atoms with Crippen LogP contribution < -0.4 is 0 Å². The predicted octanol–water partition coefficient (Wildman–Crippen LogP) is 3.12. The van der Waals surface area contributed by atoms with E-state index in [4.69, 9.17) is 0 Å². The monoisotopic (exact) mass is 306 g/mol. The number of alkyl halides is 1. The molecule has 13 heavy (non-hydrogen) atoms. The highest BCUT2D eigenvalue weighted by Gasteiger charge is 2.12. The first-order valence-corrected chi connectivity index (χ1v) is 5.40. The summed E-state index contributed by atoms with van der Waals surface area (Å²) in [7, 11) is 0. The Labute approximate surface area is 93.2 Å². The van der Waals surface area contributed by atoms with Crippen LogP contribution in [0.1, 0.15) is 17.3 Å². The van der Waals surface area contributed by atoms with Gasteiger partial charge in [0.05, 0.1) is 9.30 Å². The molecule has 70 valence electrons. The summed E-state index contributed by atoms with van der Waals surface area (Å²) in [6, 6.07) is 4.77. The first kappa shape index (κ1) is 10.7. The summed E-state index contributed by atoms with van der Waals surface area (Å²) >= 11 is 6.32. The Morgan fingerprint density at radius 3 is 2.62 bits per heavy atom. The fraction of sp³-hybridized carbons (Fsp3) is 0.222. The Bertz CT molecular complexity index is 334. The lowest BCUT2D eigenvalue weighted by Gasteiger charge is -2.03. The van der Waals surface area contributed by atoms with Crippen molar-refractivity contribution < 1.29 is 9.90 Å². The fourth-order valence-electron chi connectivity index (χ4n) is 0.896. The molecular formula is C9H8Br2O2. The number of benzene rings is 1.